The summed E-state index contributed by atoms with van der Waals surface area (Å²) in [5.74, 6) is -0.179. The molecule has 22 heavy (non-hydrogen) atoms. The van der Waals surface area contributed by atoms with Crippen molar-refractivity contribution in [3.8, 4) is 0 Å². The molecule has 0 saturated heterocycles. The maximum Gasteiger partial charge on any atom is 0.230 e. The highest BCUT2D eigenvalue weighted by Crippen LogP contribution is 2.30. The normalized spacial score (nSPS) is 12.8. The number of thiazole rings is 1. The predicted octanol–water partition coefficient (Wildman–Crippen LogP) is 2.77. The molecule has 0 saturated carbocycles. The summed E-state index contributed by atoms with van der Waals surface area (Å²) in [5, 5.41) is 6.26. The van der Waals surface area contributed by atoms with Crippen molar-refractivity contribution in [3.63, 3.8) is 0 Å². The molecule has 0 unspecified atom stereocenters. The van der Waals surface area contributed by atoms with Crippen molar-refractivity contribution in [2.24, 2.45) is 0 Å². The van der Waals surface area contributed by atoms with Crippen LogP contribution in [0, 0.1) is 0 Å². The minimum Gasteiger partial charge on any atom is -0.326 e. The number of hydrogen-bond acceptors (Lipinski definition) is 4. The zero-order valence-electron chi connectivity index (χ0n) is 12.3. The number of hydrogen-bond donors (Lipinski definition) is 2. The number of nitrogens with one attached hydrogen (secondary N) is 2. The number of aryl methyl sites for hydroxylation is 2. The summed E-state index contributed by atoms with van der Waals surface area (Å²) in [4.78, 5) is 28.8. The number of fused-ring (bicyclic) bond motifs is 1. The molecule has 0 fully saturated rings. The van der Waals surface area contributed by atoms with Crippen LogP contribution in [0.3, 0.4) is 0 Å². The Bertz CT molecular complexity index is 685. The van der Waals surface area contributed by atoms with Crippen molar-refractivity contribution in [2.75, 3.05) is 10.6 Å². The molecule has 0 spiro atoms. The van der Waals surface area contributed by atoms with E-state index in [0.29, 0.717) is 11.6 Å². The highest BCUT2D eigenvalue weighted by atomic mass is 32.1. The number of carbonyl (C=O) groups is 2. The van der Waals surface area contributed by atoms with Crippen LogP contribution in [-0.4, -0.2) is 16.8 Å². The maximum atomic E-state index is 12.1. The molecule has 1 aliphatic rings. The van der Waals surface area contributed by atoms with Gasteiger partial charge in [-0.2, -0.15) is 0 Å². The Morgan fingerprint density at radius 3 is 2.64 bits per heavy atom. The average molecular weight is 315 g/mol. The van der Waals surface area contributed by atoms with Crippen molar-refractivity contribution in [2.45, 2.75) is 32.6 Å². The summed E-state index contributed by atoms with van der Waals surface area (Å²) >= 11 is 1.58. The molecule has 2 amide bonds. The monoisotopic (exact) mass is 315 g/mol. The Labute approximate surface area is 132 Å². The van der Waals surface area contributed by atoms with E-state index < -0.39 is 0 Å². The second kappa shape index (κ2) is 6.27. The van der Waals surface area contributed by atoms with Gasteiger partial charge in [0.05, 0.1) is 12.1 Å². The van der Waals surface area contributed by atoms with Gasteiger partial charge in [0, 0.05) is 17.5 Å². The zero-order chi connectivity index (χ0) is 15.5. The van der Waals surface area contributed by atoms with Crippen LogP contribution in [0.5, 0.6) is 0 Å². The molecule has 6 heteroatoms. The van der Waals surface area contributed by atoms with Gasteiger partial charge >= 0.3 is 0 Å². The van der Waals surface area contributed by atoms with E-state index in [1.807, 2.05) is 12.1 Å². The van der Waals surface area contributed by atoms with Gasteiger partial charge in [0.1, 0.15) is 0 Å². The molecular formula is C16H17N3O2S. The Hall–Kier alpha value is -2.21. The summed E-state index contributed by atoms with van der Waals surface area (Å²) in [6.45, 7) is 1.47. The van der Waals surface area contributed by atoms with Gasteiger partial charge in [0.25, 0.3) is 0 Å². The predicted molar refractivity (Wildman–Crippen MR) is 87.2 cm³/mol. The smallest absolute Gasteiger partial charge is 0.230 e. The summed E-state index contributed by atoms with van der Waals surface area (Å²) in [7, 11) is 0. The molecule has 0 aliphatic heterocycles. The Morgan fingerprint density at radius 2 is 1.95 bits per heavy atom. The Balaban J connectivity index is 1.57. The van der Waals surface area contributed by atoms with Crippen LogP contribution in [0.25, 0.3) is 0 Å². The van der Waals surface area contributed by atoms with E-state index in [2.05, 4.69) is 15.6 Å². The first-order valence-electron chi connectivity index (χ1n) is 7.25. The molecule has 0 atom stereocenters. The van der Waals surface area contributed by atoms with Gasteiger partial charge in [0.15, 0.2) is 5.13 Å². The number of rotatable bonds is 4. The van der Waals surface area contributed by atoms with E-state index >= 15 is 0 Å². The van der Waals surface area contributed by atoms with E-state index in [4.69, 9.17) is 0 Å². The fraction of sp³-hybridized carbons (Fsp3) is 0.312. The highest BCUT2D eigenvalue weighted by Gasteiger charge is 2.17. The number of anilines is 2. The number of carbonyl (C=O) groups excluding carboxylic acids is 2. The standard InChI is InChI=1S/C16H17N3O2S/c1-10(20)17-12-7-5-11(6-8-12)9-15(21)19-16-18-13-3-2-4-14(13)22-16/h5-8H,2-4,9H2,1H3,(H,17,20)(H,18,19,21). The zero-order valence-corrected chi connectivity index (χ0v) is 13.1. The van der Waals surface area contributed by atoms with E-state index in [-0.39, 0.29) is 11.8 Å². The van der Waals surface area contributed by atoms with Crippen molar-refractivity contribution < 1.29 is 9.59 Å². The van der Waals surface area contributed by atoms with E-state index in [1.54, 1.807) is 23.5 Å². The van der Waals surface area contributed by atoms with Crippen molar-refractivity contribution in [1.82, 2.24) is 4.98 Å². The lowest BCUT2D eigenvalue weighted by Gasteiger charge is -2.05. The topological polar surface area (TPSA) is 71.1 Å². The molecular weight excluding hydrogens is 298 g/mol. The fourth-order valence-corrected chi connectivity index (χ4v) is 3.57. The molecule has 3 rings (SSSR count). The largest absolute Gasteiger partial charge is 0.326 e. The summed E-state index contributed by atoms with van der Waals surface area (Å²) in [6.07, 6.45) is 3.56. The van der Waals surface area contributed by atoms with Gasteiger partial charge in [-0.1, -0.05) is 12.1 Å². The second-order valence-corrected chi connectivity index (χ2v) is 6.43. The quantitative estimate of drug-likeness (QED) is 0.911. The first-order chi connectivity index (χ1) is 10.6. The molecule has 0 bridgehead atoms. The summed E-state index contributed by atoms with van der Waals surface area (Å²) in [6, 6.07) is 7.27. The minimum absolute atomic E-state index is 0.0697. The number of aromatic nitrogens is 1. The SMILES string of the molecule is CC(=O)Nc1ccc(CC(=O)Nc2nc3c(s2)CCC3)cc1. The molecule has 0 radical (unpaired) electrons. The molecule has 2 N–H and O–H groups in total. The summed E-state index contributed by atoms with van der Waals surface area (Å²) in [5.41, 5.74) is 2.77. The third-order valence-corrected chi connectivity index (χ3v) is 4.55. The van der Waals surface area contributed by atoms with Gasteiger partial charge in [-0.15, -0.1) is 11.3 Å². The van der Waals surface area contributed by atoms with Crippen molar-refractivity contribution in [1.29, 1.82) is 0 Å². The van der Waals surface area contributed by atoms with Gasteiger partial charge in [0.2, 0.25) is 11.8 Å². The van der Waals surface area contributed by atoms with Crippen LogP contribution in [0.15, 0.2) is 24.3 Å². The molecule has 114 valence electrons. The molecule has 1 heterocycles. The Kier molecular flexibility index (Phi) is 4.20. The van der Waals surface area contributed by atoms with Gasteiger partial charge < -0.3 is 10.6 Å². The van der Waals surface area contributed by atoms with Crippen LogP contribution < -0.4 is 10.6 Å². The lowest BCUT2D eigenvalue weighted by molar-refractivity contribution is -0.116. The first kappa shape index (κ1) is 14.7. The van der Waals surface area contributed by atoms with Crippen molar-refractivity contribution in [3.05, 3.63) is 40.4 Å². The molecule has 1 aromatic carbocycles. The van der Waals surface area contributed by atoms with Crippen LogP contribution in [0.2, 0.25) is 0 Å². The molecule has 1 aliphatic carbocycles. The van der Waals surface area contributed by atoms with Gasteiger partial charge in [-0.3, -0.25) is 9.59 Å². The Morgan fingerprint density at radius 1 is 1.18 bits per heavy atom. The van der Waals surface area contributed by atoms with E-state index in [0.717, 1.165) is 29.8 Å². The average Bonchev–Trinajstić information content (AvgIpc) is 3.01. The third-order valence-electron chi connectivity index (χ3n) is 3.48. The number of nitrogens with zero attached hydrogens (tertiary/aromatic N) is 1. The van der Waals surface area contributed by atoms with Crippen molar-refractivity contribution >= 4 is 34.0 Å². The third kappa shape index (κ3) is 3.51. The highest BCUT2D eigenvalue weighted by molar-refractivity contribution is 7.15. The first-order valence-corrected chi connectivity index (χ1v) is 8.07. The minimum atomic E-state index is -0.109. The number of benzene rings is 1. The summed E-state index contributed by atoms with van der Waals surface area (Å²) < 4.78 is 0. The molecule has 1 aromatic heterocycles. The molecule has 2 aromatic rings. The van der Waals surface area contributed by atoms with Gasteiger partial charge in [-0.05, 0) is 37.0 Å². The van der Waals surface area contributed by atoms with Crippen LogP contribution >= 0.6 is 11.3 Å². The number of amides is 2. The molecule has 5 nitrogen and oxygen atoms in total. The fourth-order valence-electron chi connectivity index (χ4n) is 2.50. The van der Waals surface area contributed by atoms with Crippen LogP contribution in [0.1, 0.15) is 29.5 Å². The lowest BCUT2D eigenvalue weighted by Crippen LogP contribution is -2.14. The maximum absolute atomic E-state index is 12.1. The van der Waals surface area contributed by atoms with E-state index in [1.165, 1.54) is 18.2 Å². The van der Waals surface area contributed by atoms with Crippen LogP contribution in [-0.2, 0) is 28.9 Å². The van der Waals surface area contributed by atoms with Crippen LogP contribution in [0.4, 0.5) is 10.8 Å². The van der Waals surface area contributed by atoms with Gasteiger partial charge in [-0.25, -0.2) is 4.98 Å². The lowest BCUT2D eigenvalue weighted by atomic mass is 10.1. The van der Waals surface area contributed by atoms with E-state index in [9.17, 15) is 9.59 Å². The second-order valence-electron chi connectivity index (χ2n) is 5.35.